The van der Waals surface area contributed by atoms with E-state index in [0.29, 0.717) is 11.3 Å². The first kappa shape index (κ1) is 11.3. The van der Waals surface area contributed by atoms with Crippen LogP contribution in [0.25, 0.3) is 0 Å². The van der Waals surface area contributed by atoms with Gasteiger partial charge in [-0.3, -0.25) is 9.69 Å². The molecular formula is C15H10N2O2. The van der Waals surface area contributed by atoms with E-state index in [9.17, 15) is 4.79 Å². The van der Waals surface area contributed by atoms with Gasteiger partial charge in [-0.15, -0.1) is 0 Å². The van der Waals surface area contributed by atoms with E-state index in [2.05, 4.69) is 6.07 Å². The Morgan fingerprint density at radius 2 is 1.84 bits per heavy atom. The Kier molecular flexibility index (Phi) is 2.66. The van der Waals surface area contributed by atoms with Gasteiger partial charge in [-0.1, -0.05) is 12.1 Å². The molecule has 0 aromatic heterocycles. The minimum absolute atomic E-state index is 0.0248. The van der Waals surface area contributed by atoms with E-state index in [0.717, 1.165) is 11.4 Å². The summed E-state index contributed by atoms with van der Waals surface area (Å²) in [5.74, 6) is 0.565. The molecular weight excluding hydrogens is 240 g/mol. The number of ether oxygens (including phenoxy) is 1. The maximum absolute atomic E-state index is 12.0. The second-order valence-electron chi connectivity index (χ2n) is 4.14. The quantitative estimate of drug-likeness (QED) is 0.781. The normalized spacial score (nSPS) is 13.4. The van der Waals surface area contributed by atoms with E-state index < -0.39 is 0 Å². The largest absolute Gasteiger partial charge is 0.482 e. The summed E-state index contributed by atoms with van der Waals surface area (Å²) in [6.45, 7) is 0.0248. The Labute approximate surface area is 110 Å². The molecule has 2 aromatic rings. The average molecular weight is 250 g/mol. The molecule has 2 aromatic carbocycles. The molecule has 0 spiro atoms. The summed E-state index contributed by atoms with van der Waals surface area (Å²) in [5, 5.41) is 8.80. The number of benzene rings is 2. The predicted octanol–water partition coefficient (Wildman–Crippen LogP) is 2.62. The van der Waals surface area contributed by atoms with Crippen molar-refractivity contribution >= 4 is 17.3 Å². The zero-order chi connectivity index (χ0) is 13.2. The van der Waals surface area contributed by atoms with Gasteiger partial charge in [0, 0.05) is 5.69 Å². The van der Waals surface area contributed by atoms with Gasteiger partial charge >= 0.3 is 0 Å². The molecule has 0 atom stereocenters. The van der Waals surface area contributed by atoms with Crippen molar-refractivity contribution in [2.24, 2.45) is 0 Å². The summed E-state index contributed by atoms with van der Waals surface area (Å²) in [7, 11) is 0. The van der Waals surface area contributed by atoms with Crippen LogP contribution in [0.3, 0.4) is 0 Å². The molecule has 1 aliphatic rings. The van der Waals surface area contributed by atoms with Gasteiger partial charge in [-0.25, -0.2) is 0 Å². The molecule has 0 radical (unpaired) electrons. The van der Waals surface area contributed by atoms with Crippen LogP contribution in [0.2, 0.25) is 0 Å². The summed E-state index contributed by atoms with van der Waals surface area (Å²) < 4.78 is 5.39. The molecule has 3 rings (SSSR count). The fourth-order valence-corrected chi connectivity index (χ4v) is 2.07. The Morgan fingerprint density at radius 3 is 2.58 bits per heavy atom. The third-order valence-electron chi connectivity index (χ3n) is 2.96. The second-order valence-corrected chi connectivity index (χ2v) is 4.14. The molecule has 19 heavy (non-hydrogen) atoms. The first-order chi connectivity index (χ1) is 9.29. The van der Waals surface area contributed by atoms with Crippen LogP contribution in [0.5, 0.6) is 5.75 Å². The van der Waals surface area contributed by atoms with Crippen molar-refractivity contribution in [1.82, 2.24) is 0 Å². The van der Waals surface area contributed by atoms with Crippen LogP contribution < -0.4 is 9.64 Å². The fraction of sp³-hybridized carbons (Fsp3) is 0.0667. The molecule has 92 valence electrons. The van der Waals surface area contributed by atoms with Crippen LogP contribution in [0.1, 0.15) is 5.56 Å². The van der Waals surface area contributed by atoms with Crippen molar-refractivity contribution in [3.8, 4) is 11.8 Å². The van der Waals surface area contributed by atoms with E-state index in [1.54, 1.807) is 29.2 Å². The molecule has 4 heteroatoms. The van der Waals surface area contributed by atoms with Crippen molar-refractivity contribution in [2.75, 3.05) is 11.5 Å². The number of hydrogen-bond donors (Lipinski definition) is 0. The molecule has 0 saturated heterocycles. The van der Waals surface area contributed by atoms with Crippen LogP contribution in [0, 0.1) is 11.3 Å². The Balaban J connectivity index is 2.08. The lowest BCUT2D eigenvalue weighted by molar-refractivity contribution is -0.120. The number of hydrogen-bond acceptors (Lipinski definition) is 3. The minimum atomic E-state index is -0.122. The van der Waals surface area contributed by atoms with E-state index in [1.807, 2.05) is 24.3 Å². The highest BCUT2D eigenvalue weighted by Gasteiger charge is 2.26. The van der Waals surface area contributed by atoms with Gasteiger partial charge in [0.1, 0.15) is 5.75 Å². The number of amides is 1. The third-order valence-corrected chi connectivity index (χ3v) is 2.96. The zero-order valence-corrected chi connectivity index (χ0v) is 10.0. The van der Waals surface area contributed by atoms with Crippen LogP contribution in [-0.2, 0) is 4.79 Å². The number of carbonyl (C=O) groups excluding carboxylic acids is 1. The van der Waals surface area contributed by atoms with E-state index >= 15 is 0 Å². The number of nitrogens with zero attached hydrogens (tertiary/aromatic N) is 2. The topological polar surface area (TPSA) is 53.3 Å². The molecule has 0 N–H and O–H groups in total. The van der Waals surface area contributed by atoms with E-state index in [-0.39, 0.29) is 12.5 Å². The van der Waals surface area contributed by atoms with E-state index in [4.69, 9.17) is 10.00 Å². The highest BCUT2D eigenvalue weighted by Crippen LogP contribution is 2.36. The molecule has 0 fully saturated rings. The monoisotopic (exact) mass is 250 g/mol. The number of para-hydroxylation sites is 2. The molecule has 0 unspecified atom stereocenters. The number of carbonyl (C=O) groups is 1. The van der Waals surface area contributed by atoms with Crippen LogP contribution in [-0.4, -0.2) is 12.5 Å². The first-order valence-corrected chi connectivity index (χ1v) is 5.84. The van der Waals surface area contributed by atoms with Crippen molar-refractivity contribution in [3.63, 3.8) is 0 Å². The summed E-state index contributed by atoms with van der Waals surface area (Å²) in [6.07, 6.45) is 0. The van der Waals surface area contributed by atoms with Crippen LogP contribution >= 0.6 is 0 Å². The van der Waals surface area contributed by atoms with Gasteiger partial charge in [-0.2, -0.15) is 5.26 Å². The molecule has 4 nitrogen and oxygen atoms in total. The fourth-order valence-electron chi connectivity index (χ4n) is 2.07. The Hall–Kier alpha value is -2.80. The van der Waals surface area contributed by atoms with Gasteiger partial charge in [0.25, 0.3) is 5.91 Å². The Morgan fingerprint density at radius 1 is 1.11 bits per heavy atom. The molecule has 0 bridgehead atoms. The third kappa shape index (κ3) is 1.91. The van der Waals surface area contributed by atoms with Gasteiger partial charge in [-0.05, 0) is 36.4 Å². The molecule has 0 aliphatic carbocycles. The summed E-state index contributed by atoms with van der Waals surface area (Å²) >= 11 is 0. The number of rotatable bonds is 1. The lowest BCUT2D eigenvalue weighted by Crippen LogP contribution is -2.35. The molecule has 1 heterocycles. The van der Waals surface area contributed by atoms with Gasteiger partial charge < -0.3 is 4.74 Å². The summed E-state index contributed by atoms with van der Waals surface area (Å²) in [5.41, 5.74) is 2.03. The minimum Gasteiger partial charge on any atom is -0.482 e. The highest BCUT2D eigenvalue weighted by molar-refractivity contribution is 6.04. The maximum Gasteiger partial charge on any atom is 0.269 e. The van der Waals surface area contributed by atoms with Crippen LogP contribution in [0.4, 0.5) is 11.4 Å². The highest BCUT2D eigenvalue weighted by atomic mass is 16.5. The van der Waals surface area contributed by atoms with Gasteiger partial charge in [0.05, 0.1) is 17.3 Å². The van der Waals surface area contributed by atoms with E-state index in [1.165, 1.54) is 0 Å². The first-order valence-electron chi connectivity index (χ1n) is 5.84. The standard InChI is InChI=1S/C15H10N2O2/c16-9-11-5-7-12(8-6-11)17-13-3-1-2-4-14(13)19-10-15(17)18/h1-8H,10H2. The molecule has 1 aliphatic heterocycles. The zero-order valence-electron chi connectivity index (χ0n) is 10.0. The lowest BCUT2D eigenvalue weighted by atomic mass is 10.1. The SMILES string of the molecule is N#Cc1ccc(N2C(=O)COc3ccccc32)cc1. The van der Waals surface area contributed by atoms with Crippen molar-refractivity contribution in [1.29, 1.82) is 5.26 Å². The second kappa shape index (κ2) is 4.46. The summed E-state index contributed by atoms with van der Waals surface area (Å²) in [6, 6.07) is 16.4. The van der Waals surface area contributed by atoms with Crippen molar-refractivity contribution in [3.05, 3.63) is 54.1 Å². The Bertz CT molecular complexity index is 671. The molecule has 1 amide bonds. The van der Waals surface area contributed by atoms with Gasteiger partial charge in [0.15, 0.2) is 6.61 Å². The number of anilines is 2. The van der Waals surface area contributed by atoms with Crippen molar-refractivity contribution < 1.29 is 9.53 Å². The number of nitriles is 1. The molecule has 0 saturated carbocycles. The smallest absolute Gasteiger partial charge is 0.269 e. The van der Waals surface area contributed by atoms with Crippen molar-refractivity contribution in [2.45, 2.75) is 0 Å². The lowest BCUT2D eigenvalue weighted by Gasteiger charge is -2.29. The number of fused-ring (bicyclic) bond motifs is 1. The average Bonchev–Trinajstić information content (AvgIpc) is 2.47. The van der Waals surface area contributed by atoms with Crippen LogP contribution in [0.15, 0.2) is 48.5 Å². The summed E-state index contributed by atoms with van der Waals surface area (Å²) in [4.78, 5) is 13.7. The van der Waals surface area contributed by atoms with Gasteiger partial charge in [0.2, 0.25) is 0 Å². The predicted molar refractivity (Wildman–Crippen MR) is 70.2 cm³/mol. The maximum atomic E-state index is 12.0.